The van der Waals surface area contributed by atoms with Gasteiger partial charge in [-0.2, -0.15) is 0 Å². The van der Waals surface area contributed by atoms with Crippen molar-refractivity contribution in [3.8, 4) is 11.5 Å². The molecule has 2 amide bonds. The average molecular weight is 561 g/mol. The highest BCUT2D eigenvalue weighted by atomic mass is 16.6. The summed E-state index contributed by atoms with van der Waals surface area (Å²) < 4.78 is 23.0. The van der Waals surface area contributed by atoms with Gasteiger partial charge in [-0.1, -0.05) is 45.1 Å². The Hall–Kier alpha value is -3.34. The molecular weight excluding hydrogens is 516 g/mol. The van der Waals surface area contributed by atoms with Crippen LogP contribution in [0, 0.1) is 17.8 Å². The number of ether oxygens (including phenoxy) is 4. The van der Waals surface area contributed by atoms with Crippen molar-refractivity contribution in [2.24, 2.45) is 23.5 Å². The molecule has 1 aromatic carbocycles. The maximum absolute atomic E-state index is 12.9. The molecule has 40 heavy (non-hydrogen) atoms. The van der Waals surface area contributed by atoms with Crippen LogP contribution in [0.4, 0.5) is 10.5 Å². The molecule has 0 saturated carbocycles. The van der Waals surface area contributed by atoms with Crippen LogP contribution in [0.1, 0.15) is 52.7 Å². The molecule has 1 aromatic rings. The molecule has 0 fully saturated rings. The summed E-state index contributed by atoms with van der Waals surface area (Å²) in [7, 11) is 4.73. The molecule has 0 saturated heterocycles. The third-order valence-corrected chi connectivity index (χ3v) is 7.33. The number of phenols is 2. The van der Waals surface area contributed by atoms with E-state index in [1.165, 1.54) is 19.2 Å². The van der Waals surface area contributed by atoms with Crippen LogP contribution >= 0.6 is 0 Å². The second-order valence-electron chi connectivity index (χ2n) is 10.5. The minimum atomic E-state index is -0.891. The Morgan fingerprint density at radius 1 is 1.00 bits per heavy atom. The monoisotopic (exact) mass is 560 g/mol. The van der Waals surface area contributed by atoms with Gasteiger partial charge >= 0.3 is 6.09 Å². The van der Waals surface area contributed by atoms with Gasteiger partial charge in [0.1, 0.15) is 17.6 Å². The standard InChI is InChI=1S/C30H44N2O8/c1-16-10-9-11-17(2)29(35)32-23-15-21(33)14-22(25(23)34)27(38-7)20(5)13-24(37-6)28(39-8)19(4)12-18(3)26(16)40-30(31)36/h9-12,14-16,19-20,24,26-28,33-34H,13H2,1-8H3,(H2,31,36)(H,32,35)/b10-9+,17-11-,18-12+/t16-,19-,20-,24+,26-,27-,28-/m1/s1. The SMILES string of the molecule is CO[C@@H]1[C@H](C)/C=C(\C)[C@H](OC(N)=O)[C@H](C)/C=C/C=C(/C)C(=O)Nc2cc(O)cc(c2O)[C@H](OC)[C@H](C)C[C@@H]1OC. The molecule has 2 rings (SSSR count). The first-order valence-corrected chi connectivity index (χ1v) is 13.3. The fourth-order valence-electron chi connectivity index (χ4n) is 5.30. The number of methoxy groups -OCH3 is 3. The first-order valence-electron chi connectivity index (χ1n) is 13.3. The van der Waals surface area contributed by atoms with Crippen molar-refractivity contribution in [1.29, 1.82) is 0 Å². The van der Waals surface area contributed by atoms with E-state index >= 15 is 0 Å². The summed E-state index contributed by atoms with van der Waals surface area (Å²) in [5.74, 6) is -1.43. The largest absolute Gasteiger partial charge is 0.508 e. The van der Waals surface area contributed by atoms with E-state index in [0.29, 0.717) is 17.6 Å². The van der Waals surface area contributed by atoms with Gasteiger partial charge in [0.25, 0.3) is 5.91 Å². The van der Waals surface area contributed by atoms with Gasteiger partial charge in [-0.25, -0.2) is 4.79 Å². The van der Waals surface area contributed by atoms with Gasteiger partial charge in [0.15, 0.2) is 0 Å². The Labute approximate surface area is 236 Å². The van der Waals surface area contributed by atoms with E-state index < -0.39 is 24.2 Å². The number of amides is 2. The Morgan fingerprint density at radius 2 is 1.68 bits per heavy atom. The van der Waals surface area contributed by atoms with Crippen LogP contribution in [0.25, 0.3) is 0 Å². The fraction of sp³-hybridized carbons (Fsp3) is 0.533. The van der Waals surface area contributed by atoms with E-state index in [4.69, 9.17) is 24.7 Å². The Bertz CT molecular complexity index is 1130. The van der Waals surface area contributed by atoms with Gasteiger partial charge in [-0.3, -0.25) is 4.79 Å². The van der Waals surface area contributed by atoms with Crippen molar-refractivity contribution in [2.75, 3.05) is 26.6 Å². The number of rotatable bonds is 4. The number of benzene rings is 1. The molecule has 10 heteroatoms. The van der Waals surface area contributed by atoms with Crippen LogP contribution in [0.2, 0.25) is 0 Å². The first kappa shape index (κ1) is 32.9. The van der Waals surface area contributed by atoms with Crippen molar-refractivity contribution in [1.82, 2.24) is 0 Å². The van der Waals surface area contributed by atoms with Crippen molar-refractivity contribution in [3.05, 3.63) is 53.1 Å². The van der Waals surface area contributed by atoms with Gasteiger partial charge < -0.3 is 40.2 Å². The van der Waals surface area contributed by atoms with Gasteiger partial charge in [-0.05, 0) is 37.8 Å². The number of fused-ring (bicyclic) bond motifs is 2. The highest BCUT2D eigenvalue weighted by Gasteiger charge is 2.33. The molecule has 0 unspecified atom stereocenters. The second-order valence-corrected chi connectivity index (χ2v) is 10.5. The lowest BCUT2D eigenvalue weighted by atomic mass is 9.86. The lowest BCUT2D eigenvalue weighted by Crippen LogP contribution is -2.37. The second kappa shape index (κ2) is 14.9. The molecule has 222 valence electrons. The number of aromatic hydroxyl groups is 2. The number of carbonyl (C=O) groups excluding carboxylic acids is 2. The minimum Gasteiger partial charge on any atom is -0.508 e. The summed E-state index contributed by atoms with van der Waals surface area (Å²) in [5.41, 5.74) is 6.91. The van der Waals surface area contributed by atoms with E-state index in [9.17, 15) is 19.8 Å². The van der Waals surface area contributed by atoms with E-state index in [0.717, 1.165) is 5.57 Å². The van der Waals surface area contributed by atoms with Crippen molar-refractivity contribution >= 4 is 17.7 Å². The highest BCUT2D eigenvalue weighted by Crippen LogP contribution is 2.42. The van der Waals surface area contributed by atoms with Crippen LogP contribution in [-0.4, -0.2) is 61.9 Å². The zero-order chi connectivity index (χ0) is 30.1. The summed E-state index contributed by atoms with van der Waals surface area (Å²) >= 11 is 0. The molecule has 1 aliphatic heterocycles. The number of carbonyl (C=O) groups is 2. The topological polar surface area (TPSA) is 150 Å². The lowest BCUT2D eigenvalue weighted by molar-refractivity contribution is -0.112. The quantitative estimate of drug-likeness (QED) is 0.229. The van der Waals surface area contributed by atoms with Crippen LogP contribution in [-0.2, 0) is 23.7 Å². The number of nitrogens with two attached hydrogens (primary N) is 1. The first-order chi connectivity index (χ1) is 18.8. The number of anilines is 1. The molecule has 0 aromatic heterocycles. The number of hydrogen-bond acceptors (Lipinski definition) is 8. The zero-order valence-electron chi connectivity index (χ0n) is 24.6. The third kappa shape index (κ3) is 8.33. The predicted octanol–water partition coefficient (Wildman–Crippen LogP) is 4.98. The number of allylic oxidation sites excluding steroid dienone is 2. The molecule has 0 aliphatic carbocycles. The Morgan fingerprint density at radius 3 is 2.25 bits per heavy atom. The summed E-state index contributed by atoms with van der Waals surface area (Å²) in [6, 6.07) is 2.71. The van der Waals surface area contributed by atoms with Crippen LogP contribution < -0.4 is 11.1 Å². The molecule has 0 spiro atoms. The van der Waals surface area contributed by atoms with Crippen LogP contribution in [0.5, 0.6) is 11.5 Å². The third-order valence-electron chi connectivity index (χ3n) is 7.33. The maximum Gasteiger partial charge on any atom is 0.405 e. The number of hydrogen-bond donors (Lipinski definition) is 4. The lowest BCUT2D eigenvalue weighted by Gasteiger charge is -2.33. The molecule has 7 atom stereocenters. The van der Waals surface area contributed by atoms with Crippen LogP contribution in [0.3, 0.4) is 0 Å². The van der Waals surface area contributed by atoms with Gasteiger partial charge in [0, 0.05) is 50.4 Å². The highest BCUT2D eigenvalue weighted by molar-refractivity contribution is 6.04. The van der Waals surface area contributed by atoms with Crippen LogP contribution in [0.15, 0.2) is 47.6 Å². The molecule has 10 nitrogen and oxygen atoms in total. The summed E-state index contributed by atoms with van der Waals surface area (Å²) in [6.07, 6.45) is 4.64. The van der Waals surface area contributed by atoms with Gasteiger partial charge in [0.05, 0.1) is 24.0 Å². The number of primary amides is 1. The smallest absolute Gasteiger partial charge is 0.405 e. The molecule has 1 aliphatic rings. The normalized spacial score (nSPS) is 32.2. The van der Waals surface area contributed by atoms with E-state index in [-0.39, 0.29) is 47.1 Å². The minimum absolute atomic E-state index is 0.0543. The van der Waals surface area contributed by atoms with Crippen molar-refractivity contribution in [3.63, 3.8) is 0 Å². The number of nitrogens with one attached hydrogen (secondary N) is 1. The predicted molar refractivity (Wildman–Crippen MR) is 153 cm³/mol. The molecule has 0 radical (unpaired) electrons. The molecule has 1 heterocycles. The van der Waals surface area contributed by atoms with Gasteiger partial charge in [0.2, 0.25) is 0 Å². The molecular formula is C30H44N2O8. The summed E-state index contributed by atoms with van der Waals surface area (Å²) in [6.45, 7) is 9.30. The fourth-order valence-corrected chi connectivity index (χ4v) is 5.30. The van der Waals surface area contributed by atoms with Crippen molar-refractivity contribution < 1.29 is 38.7 Å². The number of phenolic OH excluding ortho intramolecular Hbond substituents is 2. The average Bonchev–Trinajstić information content (AvgIpc) is 2.88. The Kier molecular flexibility index (Phi) is 12.2. The van der Waals surface area contributed by atoms with E-state index in [1.807, 2.05) is 33.8 Å². The van der Waals surface area contributed by atoms with Crippen molar-refractivity contribution in [2.45, 2.75) is 65.5 Å². The maximum atomic E-state index is 12.9. The van der Waals surface area contributed by atoms with E-state index in [2.05, 4.69) is 5.32 Å². The summed E-state index contributed by atoms with van der Waals surface area (Å²) in [5, 5.41) is 24.2. The molecule has 5 N–H and O–H groups in total. The zero-order valence-corrected chi connectivity index (χ0v) is 24.6. The molecule has 2 bridgehead atoms. The Balaban J connectivity index is 2.67. The van der Waals surface area contributed by atoms with E-state index in [1.54, 1.807) is 39.4 Å². The van der Waals surface area contributed by atoms with Gasteiger partial charge in [-0.15, -0.1) is 0 Å². The summed E-state index contributed by atoms with van der Waals surface area (Å²) in [4.78, 5) is 24.6.